The largest absolute Gasteiger partial charge is 0.496 e. The number of nitrogens with one attached hydrogen (secondary N) is 1. The molecule has 2 fully saturated rings. The molecule has 22 rings (SSSR count). The number of anilines is 17. The molecule has 654 valence electrons. The highest BCUT2D eigenvalue weighted by atomic mass is 127. The highest BCUT2D eigenvalue weighted by Crippen LogP contribution is 2.57. The van der Waals surface area contributed by atoms with Crippen molar-refractivity contribution in [3.8, 4) is 16.9 Å². The summed E-state index contributed by atoms with van der Waals surface area (Å²) in [4.78, 5) is 11.5. The molecule has 1 N–H and O–H groups in total. The average molecular weight is 1860 g/mol. The zero-order chi connectivity index (χ0) is 89.9. The molecule has 133 heavy (non-hydrogen) atoms. The fraction of sp³-hybridized carbons (Fsp3) is 0.115. The lowest BCUT2D eigenvalue weighted by Crippen LogP contribution is -2.27. The van der Waals surface area contributed by atoms with E-state index in [1.807, 2.05) is 55.6 Å². The van der Waals surface area contributed by atoms with Gasteiger partial charge in [-0.2, -0.15) is 0 Å². The third-order valence-corrected chi connectivity index (χ3v) is 29.6. The second-order valence-electron chi connectivity index (χ2n) is 33.7. The fourth-order valence-corrected chi connectivity index (χ4v) is 23.6. The Kier molecular flexibility index (Phi) is 28.0. The van der Waals surface area contributed by atoms with E-state index in [0.29, 0.717) is 0 Å². The highest BCUT2D eigenvalue weighted by molar-refractivity contribution is 14.1. The summed E-state index contributed by atoms with van der Waals surface area (Å²) < 4.78 is 19.3. The molecule has 11 heteroatoms. The number of benzene rings is 18. The highest BCUT2D eigenvalue weighted by Gasteiger charge is 2.35. The summed E-state index contributed by atoms with van der Waals surface area (Å²) in [6.45, 7) is 2.23. The van der Waals surface area contributed by atoms with E-state index in [2.05, 4.69) is 478 Å². The minimum atomic E-state index is -0.122. The Morgan fingerprint density at radius 2 is 0.586 bits per heavy atom. The van der Waals surface area contributed by atoms with Gasteiger partial charge in [-0.25, -0.2) is 0 Å². The number of fused-ring (bicyclic) bond motifs is 6. The van der Waals surface area contributed by atoms with E-state index in [4.69, 9.17) is 13.6 Å². The Hall–Kier alpha value is -14.7. The lowest BCUT2D eigenvalue weighted by Gasteiger charge is -2.39. The second-order valence-corrected chi connectivity index (χ2v) is 37.7. The first-order valence-electron chi connectivity index (χ1n) is 46.4. The van der Waals surface area contributed by atoms with Gasteiger partial charge in [-0.15, -0.1) is 0 Å². The molecule has 0 aliphatic heterocycles. The van der Waals surface area contributed by atoms with Crippen LogP contribution in [0.15, 0.2) is 476 Å². The van der Waals surface area contributed by atoms with Crippen molar-refractivity contribution >= 4 is 176 Å². The Labute approximate surface area is 796 Å². The Morgan fingerprint density at radius 3 is 1.02 bits per heavy atom. The molecule has 9 nitrogen and oxygen atoms in total. The summed E-state index contributed by atoms with van der Waals surface area (Å²) in [5, 5.41) is 9.75. The number of rotatable bonds is 22. The molecule has 2 aliphatic rings. The van der Waals surface area contributed by atoms with Crippen molar-refractivity contribution in [2.45, 2.75) is 82.4 Å². The number of furan rings is 2. The third-order valence-electron chi connectivity index (χ3n) is 25.2. The van der Waals surface area contributed by atoms with Crippen LogP contribution in [0.5, 0.6) is 5.75 Å². The molecule has 2 heterocycles. The SMILES string of the molecule is COc1cccc(C)c1-c1ccccc1P(C1CCCCC1)C1CCCCC1.Ic1cccc2c1oc1ccccc12.c1ccc(N(c2ccccc2)c2cccc(N(c3ccccc3)c3ccc(N(c4ccccc4)c4cccc5c4oc4ccccc45)cc3)c2)cc1.c1ccc(Nc2ccc(N(c3ccccc3)c3cccc(N(c4ccccc4)c4ccccc4)c3)cc2)cc1. The number of methoxy groups -OCH3 is 1. The number of hydrogen-bond donors (Lipinski definition) is 1. The van der Waals surface area contributed by atoms with Crippen LogP contribution >= 0.6 is 30.5 Å². The van der Waals surface area contributed by atoms with Crippen LogP contribution in [0.2, 0.25) is 0 Å². The van der Waals surface area contributed by atoms with Crippen LogP contribution in [-0.4, -0.2) is 18.4 Å². The molecule has 2 aromatic heterocycles. The fourth-order valence-electron chi connectivity index (χ4n) is 19.0. The molecule has 0 atom stereocenters. The predicted molar refractivity (Wildman–Crippen MR) is 573 cm³/mol. The second kappa shape index (κ2) is 42.5. The van der Waals surface area contributed by atoms with Crippen LogP contribution in [0.1, 0.15) is 69.8 Å². The molecule has 0 spiro atoms. The lowest BCUT2D eigenvalue weighted by molar-refractivity contribution is 0.416. The third kappa shape index (κ3) is 20.1. The molecular formula is C122H106IN6O3P. The molecule has 0 amide bonds. The van der Waals surface area contributed by atoms with E-state index in [0.717, 1.165) is 150 Å². The van der Waals surface area contributed by atoms with Gasteiger partial charge in [0, 0.05) is 118 Å². The van der Waals surface area contributed by atoms with E-state index in [9.17, 15) is 0 Å². The van der Waals surface area contributed by atoms with Gasteiger partial charge < -0.3 is 43.4 Å². The zero-order valence-electron chi connectivity index (χ0n) is 75.0. The number of hydrogen-bond acceptors (Lipinski definition) is 9. The average Bonchev–Trinajstić information content (AvgIpc) is 1.64. The van der Waals surface area contributed by atoms with Crippen LogP contribution in [0, 0.1) is 10.5 Å². The minimum Gasteiger partial charge on any atom is -0.496 e. The maximum Gasteiger partial charge on any atom is 0.159 e. The van der Waals surface area contributed by atoms with Gasteiger partial charge in [0.2, 0.25) is 0 Å². The predicted octanol–water partition coefficient (Wildman–Crippen LogP) is 36.0. The molecule has 0 radical (unpaired) electrons. The van der Waals surface area contributed by atoms with Gasteiger partial charge in [0.15, 0.2) is 5.58 Å². The number of para-hydroxylation sites is 12. The van der Waals surface area contributed by atoms with Crippen molar-refractivity contribution in [3.63, 3.8) is 0 Å². The topological polar surface area (TPSA) is 63.7 Å². The van der Waals surface area contributed by atoms with Crippen LogP contribution in [0.3, 0.4) is 0 Å². The molecule has 2 saturated carbocycles. The molecule has 2 aliphatic carbocycles. The molecule has 18 aromatic carbocycles. The standard InChI is InChI=1S/C48H35N3O.C36H29N3.C26H35OP.C12H7IO/c1-5-17-36(18-6-1)49(37-19-7-2-8-20-37)42-25-15-26-43(35-42)50(38-21-9-3-10-22-38)40-31-33-41(34-32-40)51(39-23-11-4-12-24-39)46-29-16-28-45-44-27-13-14-30-47(44)52-48(45)46;1-5-14-29(15-6-1)37-30-24-26-34(27-25-30)39(33-20-11-4-12-21-33)36-23-13-22-35(28-36)38(31-16-7-2-8-17-31)32-18-9-3-10-19-32;1-20-12-11-18-24(27-2)26(20)23-17-9-10-19-25(23)28(21-13-5-3-6-14-21)22-15-7-4-8-16-22;13-10-6-3-5-9-8-4-1-2-7-11(8)14-12(9)10/h1-35H;1-28,37H;9-12,17-19,21-22H,3-8,13-16H2,1-2H3;1-7H. The Morgan fingerprint density at radius 1 is 0.278 bits per heavy atom. The number of aryl methyl sites for hydroxylation is 1. The Bertz CT molecular complexity index is 7050. The first kappa shape index (κ1) is 87.6. The van der Waals surface area contributed by atoms with Gasteiger partial charge in [-0.3, -0.25) is 0 Å². The van der Waals surface area contributed by atoms with Crippen LogP contribution in [-0.2, 0) is 0 Å². The quantitative estimate of drug-likeness (QED) is 0.0528. The van der Waals surface area contributed by atoms with Crippen LogP contribution in [0.25, 0.3) is 55.0 Å². The smallest absolute Gasteiger partial charge is 0.159 e. The van der Waals surface area contributed by atoms with Gasteiger partial charge in [0.05, 0.1) is 16.4 Å². The maximum absolute atomic E-state index is 6.53. The number of ether oxygens (including phenoxy) is 1. The van der Waals surface area contributed by atoms with Gasteiger partial charge in [0.1, 0.15) is 22.5 Å². The Balaban J connectivity index is 0.000000124. The summed E-state index contributed by atoms with van der Waals surface area (Å²) in [5.74, 6) is 1.02. The summed E-state index contributed by atoms with van der Waals surface area (Å²) in [7, 11) is 1.69. The zero-order valence-corrected chi connectivity index (χ0v) is 78.0. The molecule has 20 aromatic rings. The van der Waals surface area contributed by atoms with E-state index in [1.54, 1.807) is 5.30 Å². The number of nitrogens with zero attached hydrogens (tertiary/aromatic N) is 5. The van der Waals surface area contributed by atoms with Crippen LogP contribution < -0.4 is 39.9 Å². The van der Waals surface area contributed by atoms with Crippen LogP contribution in [0.4, 0.5) is 96.7 Å². The van der Waals surface area contributed by atoms with Crippen molar-refractivity contribution in [1.29, 1.82) is 0 Å². The lowest BCUT2D eigenvalue weighted by atomic mass is 9.99. The summed E-state index contributed by atoms with van der Waals surface area (Å²) in [6.07, 6.45) is 14.4. The number of halogens is 1. The van der Waals surface area contributed by atoms with E-state index < -0.39 is 0 Å². The molecular weight excluding hydrogens is 1760 g/mol. The van der Waals surface area contributed by atoms with E-state index in [-0.39, 0.29) is 7.92 Å². The van der Waals surface area contributed by atoms with Crippen molar-refractivity contribution in [1.82, 2.24) is 0 Å². The normalized spacial score (nSPS) is 12.6. The van der Waals surface area contributed by atoms with Gasteiger partial charge in [-0.05, 0) is 295 Å². The molecule has 0 bridgehead atoms. The van der Waals surface area contributed by atoms with Crippen molar-refractivity contribution in [2.75, 3.05) is 36.9 Å². The van der Waals surface area contributed by atoms with E-state index in [1.165, 1.54) is 91.7 Å². The molecule has 0 saturated heterocycles. The van der Waals surface area contributed by atoms with E-state index >= 15 is 0 Å². The summed E-state index contributed by atoms with van der Waals surface area (Å²) in [6, 6.07) is 164. The summed E-state index contributed by atoms with van der Waals surface area (Å²) >= 11 is 2.30. The first-order chi connectivity index (χ1) is 65.8. The summed E-state index contributed by atoms with van der Waals surface area (Å²) in [5.41, 5.74) is 27.9. The van der Waals surface area contributed by atoms with Gasteiger partial charge >= 0.3 is 0 Å². The van der Waals surface area contributed by atoms with Gasteiger partial charge in [-0.1, -0.05) is 301 Å². The van der Waals surface area contributed by atoms with Crippen molar-refractivity contribution in [2.24, 2.45) is 0 Å². The molecule has 0 unspecified atom stereocenters. The monoisotopic (exact) mass is 1860 g/mol. The maximum atomic E-state index is 6.53. The van der Waals surface area contributed by atoms with Gasteiger partial charge in [0.25, 0.3) is 0 Å². The first-order valence-corrected chi connectivity index (χ1v) is 48.9. The van der Waals surface area contributed by atoms with Crippen molar-refractivity contribution < 1.29 is 13.6 Å². The van der Waals surface area contributed by atoms with Crippen molar-refractivity contribution in [3.05, 3.63) is 476 Å². The minimum absolute atomic E-state index is 0.122.